The number of aromatic nitrogens is 2. The van der Waals surface area contributed by atoms with Crippen molar-refractivity contribution in [1.82, 2.24) is 9.97 Å². The lowest BCUT2D eigenvalue weighted by Gasteiger charge is -1.97. The summed E-state index contributed by atoms with van der Waals surface area (Å²) in [4.78, 5) is 32.5. The summed E-state index contributed by atoms with van der Waals surface area (Å²) in [6.45, 7) is 3.70. The molecule has 0 aliphatic rings. The van der Waals surface area contributed by atoms with Crippen molar-refractivity contribution in [2.45, 2.75) is 13.8 Å². The van der Waals surface area contributed by atoms with E-state index >= 15 is 0 Å². The number of rotatable bonds is 5. The minimum absolute atomic E-state index is 0.283. The van der Waals surface area contributed by atoms with Crippen molar-refractivity contribution >= 4 is 45.5 Å². The lowest BCUT2D eigenvalue weighted by Crippen LogP contribution is -2.07. The fraction of sp³-hybridized carbons (Fsp3) is 0.176. The van der Waals surface area contributed by atoms with E-state index in [1.165, 1.54) is 12.2 Å². The lowest BCUT2D eigenvalue weighted by molar-refractivity contribution is -0.111. The normalized spacial score (nSPS) is 11.1. The van der Waals surface area contributed by atoms with Crippen LogP contribution in [-0.4, -0.2) is 28.5 Å². The Labute approximate surface area is 147 Å². The molecular formula is C17H15N3O4S. The summed E-state index contributed by atoms with van der Waals surface area (Å²) >= 11 is 1.07. The molecule has 0 fully saturated rings. The van der Waals surface area contributed by atoms with Gasteiger partial charge >= 0.3 is 5.97 Å². The Morgan fingerprint density at radius 1 is 1.32 bits per heavy atom. The van der Waals surface area contributed by atoms with Gasteiger partial charge < -0.3 is 9.15 Å². The van der Waals surface area contributed by atoms with Gasteiger partial charge in [0.2, 0.25) is 11.8 Å². The predicted molar refractivity (Wildman–Crippen MR) is 94.5 cm³/mol. The summed E-state index contributed by atoms with van der Waals surface area (Å²) in [6.07, 6.45) is 2.77. The third-order valence-electron chi connectivity index (χ3n) is 3.18. The zero-order chi connectivity index (χ0) is 17.8. The van der Waals surface area contributed by atoms with Crippen LogP contribution in [-0.2, 0) is 9.53 Å². The average Bonchev–Trinajstić information content (AvgIpc) is 3.16. The van der Waals surface area contributed by atoms with Gasteiger partial charge in [-0.05, 0) is 26.0 Å². The quantitative estimate of drug-likeness (QED) is 0.555. The number of carbonyl (C=O) groups excluding carboxylic acids is 2. The van der Waals surface area contributed by atoms with E-state index < -0.39 is 11.9 Å². The Bertz CT molecular complexity index is 925. The van der Waals surface area contributed by atoms with Crippen molar-refractivity contribution in [3.63, 3.8) is 0 Å². The van der Waals surface area contributed by atoms with Crippen molar-refractivity contribution in [1.29, 1.82) is 0 Å². The number of hydrogen-bond acceptors (Lipinski definition) is 7. The van der Waals surface area contributed by atoms with Crippen LogP contribution in [0, 0.1) is 6.92 Å². The molecule has 1 aromatic carbocycles. The number of para-hydroxylation sites is 2. The molecule has 25 heavy (non-hydrogen) atoms. The number of nitrogens with zero attached hydrogens (tertiary/aromatic N) is 2. The van der Waals surface area contributed by atoms with Gasteiger partial charge in [0.05, 0.1) is 12.3 Å². The fourth-order valence-electron chi connectivity index (χ4n) is 2.09. The van der Waals surface area contributed by atoms with Crippen molar-refractivity contribution < 1.29 is 18.7 Å². The molecular weight excluding hydrogens is 342 g/mol. The maximum atomic E-state index is 12.0. The molecule has 1 amide bonds. The highest BCUT2D eigenvalue weighted by molar-refractivity contribution is 7.17. The number of aryl methyl sites for hydroxylation is 1. The Hall–Kier alpha value is -3.00. The smallest absolute Gasteiger partial charge is 0.350 e. The van der Waals surface area contributed by atoms with Crippen molar-refractivity contribution in [2.24, 2.45) is 0 Å². The van der Waals surface area contributed by atoms with Gasteiger partial charge in [-0.1, -0.05) is 23.5 Å². The van der Waals surface area contributed by atoms with E-state index in [9.17, 15) is 9.59 Å². The van der Waals surface area contributed by atoms with E-state index in [2.05, 4.69) is 15.3 Å². The van der Waals surface area contributed by atoms with Crippen LogP contribution in [0.3, 0.4) is 0 Å². The second kappa shape index (κ2) is 7.27. The van der Waals surface area contributed by atoms with Crippen molar-refractivity contribution in [3.8, 4) is 0 Å². The van der Waals surface area contributed by atoms with Gasteiger partial charge in [-0.25, -0.2) is 14.8 Å². The Balaban J connectivity index is 1.68. The second-order valence-corrected chi connectivity index (χ2v) is 6.00. The molecule has 0 saturated carbocycles. The van der Waals surface area contributed by atoms with Crippen LogP contribution >= 0.6 is 11.3 Å². The van der Waals surface area contributed by atoms with E-state index in [4.69, 9.17) is 9.15 Å². The van der Waals surface area contributed by atoms with Gasteiger partial charge in [0.25, 0.3) is 0 Å². The number of carbonyl (C=O) groups is 2. The first-order valence-electron chi connectivity index (χ1n) is 7.56. The number of hydrogen-bond donors (Lipinski definition) is 1. The molecule has 3 aromatic rings. The first-order chi connectivity index (χ1) is 12.1. The number of thiazole rings is 1. The van der Waals surface area contributed by atoms with Gasteiger partial charge in [0.15, 0.2) is 10.7 Å². The number of amides is 1. The van der Waals surface area contributed by atoms with Crippen molar-refractivity contribution in [2.75, 3.05) is 11.9 Å². The molecule has 0 atom stereocenters. The van der Waals surface area contributed by atoms with Gasteiger partial charge in [-0.15, -0.1) is 0 Å². The summed E-state index contributed by atoms with van der Waals surface area (Å²) in [6, 6.07) is 7.33. The first-order valence-corrected chi connectivity index (χ1v) is 8.37. The van der Waals surface area contributed by atoms with Crippen LogP contribution in [0.5, 0.6) is 0 Å². The highest BCUT2D eigenvalue weighted by Gasteiger charge is 2.17. The molecule has 0 unspecified atom stereocenters. The molecule has 0 bridgehead atoms. The number of benzene rings is 1. The van der Waals surface area contributed by atoms with E-state index in [0.29, 0.717) is 27.2 Å². The summed E-state index contributed by atoms with van der Waals surface area (Å²) in [5, 5.41) is 2.94. The SMILES string of the molecule is CCOC(=O)c1sc(NC(=O)/C=C/c2nc3ccccc3o2)nc1C. The summed E-state index contributed by atoms with van der Waals surface area (Å²) < 4.78 is 10.4. The maximum absolute atomic E-state index is 12.0. The van der Waals surface area contributed by atoms with E-state index in [0.717, 1.165) is 16.9 Å². The topological polar surface area (TPSA) is 94.3 Å². The molecule has 0 saturated heterocycles. The Kier molecular flexibility index (Phi) is 4.90. The van der Waals surface area contributed by atoms with Crippen LogP contribution in [0.2, 0.25) is 0 Å². The van der Waals surface area contributed by atoms with Crippen LogP contribution in [0.4, 0.5) is 5.13 Å². The number of nitrogens with one attached hydrogen (secondary N) is 1. The van der Waals surface area contributed by atoms with Crippen LogP contribution in [0.15, 0.2) is 34.8 Å². The number of ether oxygens (including phenoxy) is 1. The van der Waals surface area contributed by atoms with Crippen LogP contribution in [0.25, 0.3) is 17.2 Å². The molecule has 3 rings (SSSR count). The average molecular weight is 357 g/mol. The standard InChI is InChI=1S/C17H15N3O4S/c1-3-23-16(22)15-10(2)18-17(25-15)20-13(21)8-9-14-19-11-6-4-5-7-12(11)24-14/h4-9H,3H2,1-2H3,(H,18,20,21)/b9-8+. The summed E-state index contributed by atoms with van der Waals surface area (Å²) in [7, 11) is 0. The second-order valence-electron chi connectivity index (χ2n) is 5.00. The third-order valence-corrected chi connectivity index (χ3v) is 4.23. The van der Waals surface area contributed by atoms with E-state index in [-0.39, 0.29) is 6.61 Å². The minimum atomic E-state index is -0.444. The molecule has 0 spiro atoms. The molecule has 2 aromatic heterocycles. The molecule has 7 nitrogen and oxygen atoms in total. The number of oxazole rings is 1. The van der Waals surface area contributed by atoms with Gasteiger partial charge in [-0.3, -0.25) is 10.1 Å². The fourth-order valence-corrected chi connectivity index (χ4v) is 2.95. The third kappa shape index (κ3) is 3.92. The summed E-state index contributed by atoms with van der Waals surface area (Å²) in [5.74, 6) is -0.509. The van der Waals surface area contributed by atoms with Gasteiger partial charge in [-0.2, -0.15) is 0 Å². The number of esters is 1. The highest BCUT2D eigenvalue weighted by Crippen LogP contribution is 2.23. The van der Waals surface area contributed by atoms with Crippen LogP contribution in [0.1, 0.15) is 28.2 Å². The molecule has 1 N–H and O–H groups in total. The lowest BCUT2D eigenvalue weighted by atomic mass is 10.3. The van der Waals surface area contributed by atoms with Gasteiger partial charge in [0, 0.05) is 12.2 Å². The zero-order valence-electron chi connectivity index (χ0n) is 13.6. The molecule has 0 radical (unpaired) electrons. The van der Waals surface area contributed by atoms with Gasteiger partial charge in [0.1, 0.15) is 10.4 Å². The molecule has 0 aliphatic carbocycles. The number of anilines is 1. The number of fused-ring (bicyclic) bond motifs is 1. The minimum Gasteiger partial charge on any atom is -0.462 e. The molecule has 128 valence electrons. The van der Waals surface area contributed by atoms with Crippen molar-refractivity contribution in [3.05, 3.63) is 46.8 Å². The Morgan fingerprint density at radius 3 is 2.88 bits per heavy atom. The molecule has 2 heterocycles. The largest absolute Gasteiger partial charge is 0.462 e. The molecule has 8 heteroatoms. The highest BCUT2D eigenvalue weighted by atomic mass is 32.1. The monoisotopic (exact) mass is 357 g/mol. The summed E-state index contributed by atoms with van der Waals surface area (Å²) in [5.41, 5.74) is 1.89. The first kappa shape index (κ1) is 16.8. The molecule has 0 aliphatic heterocycles. The van der Waals surface area contributed by atoms with Crippen LogP contribution < -0.4 is 5.32 Å². The maximum Gasteiger partial charge on any atom is 0.350 e. The van der Waals surface area contributed by atoms with E-state index in [1.54, 1.807) is 19.9 Å². The Morgan fingerprint density at radius 2 is 2.12 bits per heavy atom. The van der Waals surface area contributed by atoms with E-state index in [1.807, 2.05) is 18.2 Å². The zero-order valence-corrected chi connectivity index (χ0v) is 14.4. The predicted octanol–water partition coefficient (Wildman–Crippen LogP) is 3.42.